The predicted molar refractivity (Wildman–Crippen MR) is 53.6 cm³/mol. The smallest absolute Gasteiger partial charge is 0.409 e. The number of halogens is 1. The van der Waals surface area contributed by atoms with E-state index in [9.17, 15) is 4.79 Å². The van der Waals surface area contributed by atoms with Gasteiger partial charge in [-0.25, -0.2) is 4.79 Å². The summed E-state index contributed by atoms with van der Waals surface area (Å²) in [5.41, 5.74) is 1.84. The lowest BCUT2D eigenvalue weighted by Gasteiger charge is -2.26. The summed E-state index contributed by atoms with van der Waals surface area (Å²) < 4.78 is 4.65. The van der Waals surface area contributed by atoms with E-state index in [0.717, 1.165) is 11.3 Å². The molecule has 80 valence electrons. The lowest BCUT2D eigenvalue weighted by Crippen LogP contribution is -2.36. The van der Waals surface area contributed by atoms with E-state index < -0.39 is 0 Å². The molecule has 0 aliphatic carbocycles. The van der Waals surface area contributed by atoms with Crippen LogP contribution in [0, 0.1) is 0 Å². The van der Waals surface area contributed by atoms with E-state index >= 15 is 0 Å². The number of rotatable bonds is 0. The second-order valence-electron chi connectivity index (χ2n) is 3.28. The predicted octanol–water partition coefficient (Wildman–Crippen LogP) is 1.25. The Labute approximate surface area is 92.0 Å². The van der Waals surface area contributed by atoms with Gasteiger partial charge in [-0.1, -0.05) is 11.6 Å². The fraction of sp³-hybridized carbons (Fsp3) is 0.444. The number of nitrogens with zero attached hydrogens (tertiary/aromatic N) is 3. The van der Waals surface area contributed by atoms with Crippen molar-refractivity contribution in [2.75, 3.05) is 13.7 Å². The minimum atomic E-state index is -0.325. The summed E-state index contributed by atoms with van der Waals surface area (Å²) in [6.45, 7) is 1.09. The van der Waals surface area contributed by atoms with Crippen LogP contribution in [0.4, 0.5) is 4.79 Å². The number of carbonyl (C=O) groups is 1. The number of hydrogen-bond acceptors (Lipinski definition) is 4. The molecule has 1 amide bonds. The van der Waals surface area contributed by atoms with E-state index in [1.54, 1.807) is 11.0 Å². The van der Waals surface area contributed by atoms with Crippen molar-refractivity contribution >= 4 is 17.7 Å². The molecule has 0 radical (unpaired) electrons. The molecule has 0 saturated carbocycles. The molecule has 6 heteroatoms. The Hall–Kier alpha value is -1.36. The van der Waals surface area contributed by atoms with Crippen molar-refractivity contribution in [2.24, 2.45) is 0 Å². The van der Waals surface area contributed by atoms with Gasteiger partial charge in [0.2, 0.25) is 0 Å². The van der Waals surface area contributed by atoms with E-state index in [0.29, 0.717) is 24.7 Å². The molecule has 5 nitrogen and oxygen atoms in total. The largest absolute Gasteiger partial charge is 0.453 e. The SMILES string of the molecule is COC(=O)N1CCc2nnc(Cl)cc2C1. The Kier molecular flexibility index (Phi) is 2.73. The molecular formula is C9H10ClN3O2. The highest BCUT2D eigenvalue weighted by Crippen LogP contribution is 2.19. The van der Waals surface area contributed by atoms with Gasteiger partial charge in [0, 0.05) is 13.0 Å². The molecule has 1 aromatic rings. The molecule has 0 unspecified atom stereocenters. The maximum absolute atomic E-state index is 11.3. The second-order valence-corrected chi connectivity index (χ2v) is 3.67. The summed E-state index contributed by atoms with van der Waals surface area (Å²) in [5.74, 6) is 0. The van der Waals surface area contributed by atoms with Crippen LogP contribution in [0.25, 0.3) is 0 Å². The minimum absolute atomic E-state index is 0.325. The van der Waals surface area contributed by atoms with Crippen molar-refractivity contribution in [1.82, 2.24) is 15.1 Å². The van der Waals surface area contributed by atoms with E-state index in [1.165, 1.54) is 7.11 Å². The Morgan fingerprint density at radius 2 is 2.40 bits per heavy atom. The zero-order chi connectivity index (χ0) is 10.8. The van der Waals surface area contributed by atoms with Crippen LogP contribution >= 0.6 is 11.6 Å². The van der Waals surface area contributed by atoms with Gasteiger partial charge in [-0.15, -0.1) is 5.10 Å². The number of methoxy groups -OCH3 is 1. The van der Waals surface area contributed by atoms with Crippen LogP contribution in [0.15, 0.2) is 6.07 Å². The zero-order valence-corrected chi connectivity index (χ0v) is 8.99. The highest BCUT2D eigenvalue weighted by molar-refractivity contribution is 6.29. The molecule has 0 atom stereocenters. The fourth-order valence-electron chi connectivity index (χ4n) is 1.59. The van der Waals surface area contributed by atoms with Gasteiger partial charge in [0.15, 0.2) is 5.15 Å². The molecule has 0 bridgehead atoms. The molecule has 1 aromatic heterocycles. The van der Waals surface area contributed by atoms with Gasteiger partial charge < -0.3 is 9.64 Å². The highest BCUT2D eigenvalue weighted by atomic mass is 35.5. The molecule has 0 spiro atoms. The van der Waals surface area contributed by atoms with Gasteiger partial charge in [-0.3, -0.25) is 0 Å². The first-order valence-electron chi connectivity index (χ1n) is 4.54. The second kappa shape index (κ2) is 4.02. The zero-order valence-electron chi connectivity index (χ0n) is 8.23. The number of aromatic nitrogens is 2. The number of ether oxygens (including phenoxy) is 1. The Balaban J connectivity index is 2.22. The van der Waals surface area contributed by atoms with Crippen molar-refractivity contribution in [1.29, 1.82) is 0 Å². The Morgan fingerprint density at radius 3 is 3.13 bits per heavy atom. The van der Waals surface area contributed by atoms with Gasteiger partial charge in [0.05, 0.1) is 19.3 Å². The standard InChI is InChI=1S/C9H10ClN3O2/c1-15-9(14)13-3-2-7-6(5-13)4-8(10)12-11-7/h4H,2-3,5H2,1H3. The summed E-state index contributed by atoms with van der Waals surface area (Å²) in [6.07, 6.45) is 0.364. The molecule has 1 aliphatic heterocycles. The third kappa shape index (κ3) is 2.02. The van der Waals surface area contributed by atoms with E-state index in [-0.39, 0.29) is 6.09 Å². The van der Waals surface area contributed by atoms with Crippen LogP contribution in [0.3, 0.4) is 0 Å². The Morgan fingerprint density at radius 1 is 1.60 bits per heavy atom. The molecule has 15 heavy (non-hydrogen) atoms. The summed E-state index contributed by atoms with van der Waals surface area (Å²) in [6, 6.07) is 1.74. The summed E-state index contributed by atoms with van der Waals surface area (Å²) in [7, 11) is 1.37. The van der Waals surface area contributed by atoms with Gasteiger partial charge in [-0.2, -0.15) is 5.10 Å². The summed E-state index contributed by atoms with van der Waals surface area (Å²) >= 11 is 5.73. The van der Waals surface area contributed by atoms with Crippen molar-refractivity contribution in [3.63, 3.8) is 0 Å². The third-order valence-electron chi connectivity index (χ3n) is 2.34. The Bertz CT molecular complexity index is 397. The molecule has 1 aliphatic rings. The monoisotopic (exact) mass is 227 g/mol. The van der Waals surface area contributed by atoms with Crippen LogP contribution < -0.4 is 0 Å². The first-order chi connectivity index (χ1) is 7.20. The minimum Gasteiger partial charge on any atom is -0.453 e. The molecule has 0 saturated heterocycles. The molecular weight excluding hydrogens is 218 g/mol. The normalized spacial score (nSPS) is 14.7. The lowest BCUT2D eigenvalue weighted by atomic mass is 10.1. The van der Waals surface area contributed by atoms with Gasteiger partial charge >= 0.3 is 6.09 Å². The highest BCUT2D eigenvalue weighted by Gasteiger charge is 2.22. The van der Waals surface area contributed by atoms with E-state index in [4.69, 9.17) is 11.6 Å². The van der Waals surface area contributed by atoms with Crippen molar-refractivity contribution in [3.8, 4) is 0 Å². The van der Waals surface area contributed by atoms with Crippen LogP contribution in [0.5, 0.6) is 0 Å². The van der Waals surface area contributed by atoms with E-state index in [1.807, 2.05) is 0 Å². The van der Waals surface area contributed by atoms with Crippen molar-refractivity contribution in [2.45, 2.75) is 13.0 Å². The summed E-state index contributed by atoms with van der Waals surface area (Å²) in [4.78, 5) is 12.9. The van der Waals surface area contributed by atoms with Gasteiger partial charge in [0.25, 0.3) is 0 Å². The average molecular weight is 228 g/mol. The fourth-order valence-corrected chi connectivity index (χ4v) is 1.76. The third-order valence-corrected chi connectivity index (χ3v) is 2.53. The number of hydrogen-bond donors (Lipinski definition) is 0. The maximum Gasteiger partial charge on any atom is 0.409 e. The van der Waals surface area contributed by atoms with Crippen molar-refractivity contribution in [3.05, 3.63) is 22.5 Å². The first-order valence-corrected chi connectivity index (χ1v) is 4.92. The topological polar surface area (TPSA) is 55.3 Å². The summed E-state index contributed by atoms with van der Waals surface area (Å²) in [5, 5.41) is 8.09. The van der Waals surface area contributed by atoms with Gasteiger partial charge in [0.1, 0.15) is 0 Å². The quantitative estimate of drug-likeness (QED) is 0.670. The van der Waals surface area contributed by atoms with E-state index in [2.05, 4.69) is 14.9 Å². The maximum atomic E-state index is 11.3. The average Bonchev–Trinajstić information content (AvgIpc) is 2.27. The van der Waals surface area contributed by atoms with Crippen LogP contribution in [0.1, 0.15) is 11.3 Å². The number of fused-ring (bicyclic) bond motifs is 1. The molecule has 0 aromatic carbocycles. The van der Waals surface area contributed by atoms with Crippen LogP contribution in [-0.4, -0.2) is 34.8 Å². The molecule has 2 rings (SSSR count). The van der Waals surface area contributed by atoms with Crippen LogP contribution in [0.2, 0.25) is 5.15 Å². The lowest BCUT2D eigenvalue weighted by molar-refractivity contribution is 0.118. The number of amides is 1. The van der Waals surface area contributed by atoms with Crippen molar-refractivity contribution < 1.29 is 9.53 Å². The first kappa shape index (κ1) is 10.2. The number of carbonyl (C=O) groups excluding carboxylic acids is 1. The molecule has 0 fully saturated rings. The molecule has 2 heterocycles. The van der Waals surface area contributed by atoms with Crippen LogP contribution in [-0.2, 0) is 17.7 Å². The molecule has 0 N–H and O–H groups in total. The van der Waals surface area contributed by atoms with Gasteiger partial charge in [-0.05, 0) is 11.6 Å².